The third-order valence-corrected chi connectivity index (χ3v) is 4.64. The van der Waals surface area contributed by atoms with Crippen LogP contribution in [0, 0.1) is 5.82 Å². The van der Waals surface area contributed by atoms with Gasteiger partial charge in [0.25, 0.3) is 5.91 Å². The molecule has 0 aliphatic carbocycles. The molecule has 0 aliphatic heterocycles. The number of anilines is 1. The molecule has 1 amide bonds. The van der Waals surface area contributed by atoms with Crippen LogP contribution in [-0.2, 0) is 10.2 Å². The highest BCUT2D eigenvalue weighted by Crippen LogP contribution is 2.27. The quantitative estimate of drug-likeness (QED) is 0.732. The zero-order valence-electron chi connectivity index (χ0n) is 14.3. The third kappa shape index (κ3) is 4.14. The number of hydrogen-bond donors (Lipinski definition) is 1. The summed E-state index contributed by atoms with van der Waals surface area (Å²) in [5, 5.41) is 3.00. The normalized spacial score (nSPS) is 11.5. The van der Waals surface area contributed by atoms with E-state index in [0.29, 0.717) is 15.6 Å². The van der Waals surface area contributed by atoms with Gasteiger partial charge in [-0.2, -0.15) is 0 Å². The van der Waals surface area contributed by atoms with Crippen molar-refractivity contribution in [3.63, 3.8) is 0 Å². The van der Waals surface area contributed by atoms with Gasteiger partial charge in [-0.25, -0.2) is 9.37 Å². The minimum absolute atomic E-state index is 0.0675. The summed E-state index contributed by atoms with van der Waals surface area (Å²) in [5.74, 6) is -0.109. The highest BCUT2D eigenvalue weighted by Gasteiger charge is 2.14. The zero-order chi connectivity index (χ0) is 18.0. The maximum Gasteiger partial charge on any atom is 0.264 e. The predicted molar refractivity (Wildman–Crippen MR) is 98.8 cm³/mol. The second-order valence-electron chi connectivity index (χ2n) is 6.72. The molecule has 0 atom stereocenters. The number of benzene rings is 2. The van der Waals surface area contributed by atoms with Crippen molar-refractivity contribution in [2.45, 2.75) is 26.2 Å². The van der Waals surface area contributed by atoms with Gasteiger partial charge in [0.2, 0.25) is 0 Å². The fourth-order valence-electron chi connectivity index (χ4n) is 2.32. The van der Waals surface area contributed by atoms with Gasteiger partial charge in [-0.15, -0.1) is 0 Å². The summed E-state index contributed by atoms with van der Waals surface area (Å²) in [6, 6.07) is 12.4. The first-order valence-corrected chi connectivity index (χ1v) is 8.73. The van der Waals surface area contributed by atoms with Crippen molar-refractivity contribution in [1.29, 1.82) is 0 Å². The first kappa shape index (κ1) is 17.4. The molecule has 2 aromatic carbocycles. The van der Waals surface area contributed by atoms with Crippen LogP contribution >= 0.6 is 11.3 Å². The number of rotatable bonds is 4. The highest BCUT2D eigenvalue weighted by molar-refractivity contribution is 7.22. The molecule has 1 N–H and O–H groups in total. The SMILES string of the molecule is CC(C)(C)c1ccc(OCC(=O)Nc2nc3c(F)cccc3s2)cc1. The van der Waals surface area contributed by atoms with Crippen molar-refractivity contribution in [3.8, 4) is 5.75 Å². The fraction of sp³-hybridized carbons (Fsp3) is 0.263. The van der Waals surface area contributed by atoms with Crippen LogP contribution in [0.1, 0.15) is 26.3 Å². The number of nitrogens with one attached hydrogen (secondary N) is 1. The van der Waals surface area contributed by atoms with Crippen molar-refractivity contribution in [2.75, 3.05) is 11.9 Å². The summed E-state index contributed by atoms with van der Waals surface area (Å²) in [5.41, 5.74) is 1.53. The van der Waals surface area contributed by atoms with E-state index >= 15 is 0 Å². The van der Waals surface area contributed by atoms with Crippen molar-refractivity contribution in [1.82, 2.24) is 4.98 Å². The maximum atomic E-state index is 13.6. The lowest BCUT2D eigenvalue weighted by Gasteiger charge is -2.19. The first-order valence-electron chi connectivity index (χ1n) is 7.91. The predicted octanol–water partition coefficient (Wildman–Crippen LogP) is 4.75. The van der Waals surface area contributed by atoms with E-state index in [9.17, 15) is 9.18 Å². The van der Waals surface area contributed by atoms with E-state index < -0.39 is 5.82 Å². The zero-order valence-corrected chi connectivity index (χ0v) is 15.1. The molecule has 3 aromatic rings. The second kappa shape index (κ2) is 6.80. The Kier molecular flexibility index (Phi) is 4.72. The van der Waals surface area contributed by atoms with E-state index in [-0.39, 0.29) is 23.4 Å². The van der Waals surface area contributed by atoms with E-state index in [1.54, 1.807) is 12.1 Å². The molecule has 0 bridgehead atoms. The number of hydrogen-bond acceptors (Lipinski definition) is 4. The summed E-state index contributed by atoms with van der Waals surface area (Å²) < 4.78 is 19.8. The Labute approximate surface area is 149 Å². The van der Waals surface area contributed by atoms with E-state index in [4.69, 9.17) is 4.74 Å². The van der Waals surface area contributed by atoms with Crippen molar-refractivity contribution < 1.29 is 13.9 Å². The summed E-state index contributed by atoms with van der Waals surface area (Å²) in [4.78, 5) is 16.1. The number of ether oxygens (including phenoxy) is 1. The lowest BCUT2D eigenvalue weighted by Crippen LogP contribution is -2.20. The smallest absolute Gasteiger partial charge is 0.264 e. The lowest BCUT2D eigenvalue weighted by atomic mass is 9.87. The first-order chi connectivity index (χ1) is 11.8. The molecule has 0 saturated heterocycles. The van der Waals surface area contributed by atoms with E-state index in [2.05, 4.69) is 31.1 Å². The molecule has 25 heavy (non-hydrogen) atoms. The molecule has 1 aromatic heterocycles. The number of carbonyl (C=O) groups is 1. The van der Waals surface area contributed by atoms with Crippen LogP contribution in [0.5, 0.6) is 5.75 Å². The van der Waals surface area contributed by atoms with Crippen LogP contribution in [-0.4, -0.2) is 17.5 Å². The second-order valence-corrected chi connectivity index (χ2v) is 7.75. The average molecular weight is 358 g/mol. The minimum Gasteiger partial charge on any atom is -0.484 e. The lowest BCUT2D eigenvalue weighted by molar-refractivity contribution is -0.118. The molecule has 0 unspecified atom stereocenters. The minimum atomic E-state index is -0.399. The van der Waals surface area contributed by atoms with Crippen LogP contribution in [0.3, 0.4) is 0 Å². The Morgan fingerprint density at radius 3 is 2.56 bits per heavy atom. The van der Waals surface area contributed by atoms with Crippen molar-refractivity contribution in [3.05, 3.63) is 53.8 Å². The maximum absolute atomic E-state index is 13.6. The summed E-state index contributed by atoms with van der Waals surface area (Å²) in [7, 11) is 0. The number of aromatic nitrogens is 1. The van der Waals surface area contributed by atoms with Gasteiger partial charge in [0.15, 0.2) is 11.7 Å². The number of halogens is 1. The Morgan fingerprint density at radius 1 is 1.20 bits per heavy atom. The van der Waals surface area contributed by atoms with Crippen molar-refractivity contribution in [2.24, 2.45) is 0 Å². The van der Waals surface area contributed by atoms with Crippen LogP contribution in [0.15, 0.2) is 42.5 Å². The molecule has 1 heterocycles. The van der Waals surface area contributed by atoms with Gasteiger partial charge >= 0.3 is 0 Å². The van der Waals surface area contributed by atoms with Gasteiger partial charge in [0.1, 0.15) is 17.1 Å². The fourth-order valence-corrected chi connectivity index (χ4v) is 3.22. The van der Waals surface area contributed by atoms with Crippen molar-refractivity contribution >= 4 is 32.6 Å². The van der Waals surface area contributed by atoms with Crippen LogP contribution in [0.25, 0.3) is 10.2 Å². The number of fused-ring (bicyclic) bond motifs is 1. The molecule has 0 spiro atoms. The average Bonchev–Trinajstić information content (AvgIpc) is 2.96. The van der Waals surface area contributed by atoms with Crippen LogP contribution < -0.4 is 10.1 Å². The van der Waals surface area contributed by atoms with Gasteiger partial charge in [-0.1, -0.05) is 50.3 Å². The Morgan fingerprint density at radius 2 is 1.92 bits per heavy atom. The Bertz CT molecular complexity index is 898. The molecule has 130 valence electrons. The number of nitrogens with zero attached hydrogens (tertiary/aromatic N) is 1. The Hall–Kier alpha value is -2.47. The number of amides is 1. The van der Waals surface area contributed by atoms with Crippen LogP contribution in [0.2, 0.25) is 0 Å². The van der Waals surface area contributed by atoms with E-state index in [0.717, 1.165) is 0 Å². The van der Waals surface area contributed by atoms with Crippen LogP contribution in [0.4, 0.5) is 9.52 Å². The van der Waals surface area contributed by atoms with Gasteiger partial charge < -0.3 is 4.74 Å². The van der Waals surface area contributed by atoms with Gasteiger partial charge in [0, 0.05) is 0 Å². The molecule has 4 nitrogen and oxygen atoms in total. The molecule has 0 aliphatic rings. The summed E-state index contributed by atoms with van der Waals surface area (Å²) >= 11 is 1.23. The molecule has 6 heteroatoms. The number of thiazole rings is 1. The molecule has 0 radical (unpaired) electrons. The standard InChI is InChI=1S/C19H19FN2O2S/c1-19(2,3)12-7-9-13(10-8-12)24-11-16(23)21-18-22-17-14(20)5-4-6-15(17)25-18/h4-10H,11H2,1-3H3,(H,21,22,23). The van der Waals surface area contributed by atoms with Gasteiger partial charge in [0.05, 0.1) is 4.70 Å². The third-order valence-electron chi connectivity index (χ3n) is 3.71. The molecule has 0 fully saturated rings. The molecule has 0 saturated carbocycles. The topological polar surface area (TPSA) is 51.2 Å². The molecular formula is C19H19FN2O2S. The summed E-state index contributed by atoms with van der Waals surface area (Å²) in [6.45, 7) is 6.28. The summed E-state index contributed by atoms with van der Waals surface area (Å²) in [6.07, 6.45) is 0. The largest absolute Gasteiger partial charge is 0.484 e. The Balaban J connectivity index is 1.59. The molecule has 3 rings (SSSR count). The number of carbonyl (C=O) groups excluding carboxylic acids is 1. The van der Waals surface area contributed by atoms with Gasteiger partial charge in [-0.05, 0) is 35.2 Å². The number of para-hydroxylation sites is 1. The van der Waals surface area contributed by atoms with Gasteiger partial charge in [-0.3, -0.25) is 10.1 Å². The molecular weight excluding hydrogens is 339 g/mol. The van der Waals surface area contributed by atoms with E-state index in [1.807, 2.05) is 24.3 Å². The monoisotopic (exact) mass is 358 g/mol. The highest BCUT2D eigenvalue weighted by atomic mass is 32.1. The van der Waals surface area contributed by atoms with E-state index in [1.165, 1.54) is 23.0 Å².